The van der Waals surface area contributed by atoms with E-state index in [1.54, 1.807) is 11.3 Å². The lowest BCUT2D eigenvalue weighted by Gasteiger charge is -2.12. The van der Waals surface area contributed by atoms with Gasteiger partial charge < -0.3 is 0 Å². The highest BCUT2D eigenvalue weighted by Gasteiger charge is 2.14. The smallest absolute Gasteiger partial charge is 0.178 e. The first kappa shape index (κ1) is 15.0. The minimum Gasteiger partial charge on any atom is -0.293 e. The molecule has 0 aliphatic heterocycles. The number of carbonyl (C=O) groups is 1. The molecule has 4 heteroatoms. The zero-order valence-electron chi connectivity index (χ0n) is 12.6. The lowest BCUT2D eigenvalue weighted by molar-refractivity contribution is 0.0995. The summed E-state index contributed by atoms with van der Waals surface area (Å²) in [5.74, 6) is 0.168. The summed E-state index contributed by atoms with van der Waals surface area (Å²) >= 11 is 1.58. The Morgan fingerprint density at radius 1 is 1.35 bits per heavy atom. The molecule has 108 valence electrons. The zero-order valence-corrected chi connectivity index (χ0v) is 13.5. The number of nitrogens with zero attached hydrogens (tertiary/aromatic N) is 2. The Morgan fingerprint density at radius 2 is 2.05 bits per heavy atom. The number of Topliss-reactive ketones (excluding diaryl/α,β-unsaturated/α-hetero) is 1. The van der Waals surface area contributed by atoms with Crippen molar-refractivity contribution in [3.63, 3.8) is 0 Å². The SMILES string of the molecule is CCC(CC)n1ccc(CC(=O)c2cc(C)c(C)s2)n1. The molecule has 2 heterocycles. The van der Waals surface area contributed by atoms with Crippen molar-refractivity contribution in [3.05, 3.63) is 39.3 Å². The highest BCUT2D eigenvalue weighted by molar-refractivity contribution is 7.14. The van der Waals surface area contributed by atoms with Crippen LogP contribution in [0.2, 0.25) is 0 Å². The third-order valence-corrected chi connectivity index (χ3v) is 4.96. The first-order valence-corrected chi connectivity index (χ1v) is 8.01. The van der Waals surface area contributed by atoms with Gasteiger partial charge in [-0.25, -0.2) is 0 Å². The molecule has 0 aromatic carbocycles. The maximum atomic E-state index is 12.3. The average Bonchev–Trinajstić information content (AvgIpc) is 3.00. The van der Waals surface area contributed by atoms with E-state index in [2.05, 4.69) is 25.9 Å². The van der Waals surface area contributed by atoms with Crippen LogP contribution in [0.5, 0.6) is 0 Å². The van der Waals surface area contributed by atoms with E-state index >= 15 is 0 Å². The number of hydrogen-bond acceptors (Lipinski definition) is 3. The fraction of sp³-hybridized carbons (Fsp3) is 0.500. The minimum atomic E-state index is 0.168. The van der Waals surface area contributed by atoms with Crippen molar-refractivity contribution in [1.29, 1.82) is 0 Å². The summed E-state index contributed by atoms with van der Waals surface area (Å²) in [4.78, 5) is 14.3. The molecule has 0 amide bonds. The van der Waals surface area contributed by atoms with Gasteiger partial charge in [0, 0.05) is 11.1 Å². The Labute approximate surface area is 124 Å². The van der Waals surface area contributed by atoms with Gasteiger partial charge >= 0.3 is 0 Å². The van der Waals surface area contributed by atoms with E-state index < -0.39 is 0 Å². The highest BCUT2D eigenvalue weighted by atomic mass is 32.1. The van der Waals surface area contributed by atoms with Gasteiger partial charge in [0.1, 0.15) is 0 Å². The Morgan fingerprint density at radius 3 is 2.60 bits per heavy atom. The predicted octanol–water partition coefficient (Wildman–Crippen LogP) is 4.35. The molecule has 0 bridgehead atoms. The van der Waals surface area contributed by atoms with Gasteiger partial charge in [0.15, 0.2) is 5.78 Å². The molecule has 0 N–H and O–H groups in total. The molecular formula is C16H22N2OS. The third-order valence-electron chi connectivity index (χ3n) is 3.76. The molecule has 0 saturated carbocycles. The largest absolute Gasteiger partial charge is 0.293 e. The van der Waals surface area contributed by atoms with Crippen LogP contribution in [0.4, 0.5) is 0 Å². The number of aromatic nitrogens is 2. The van der Waals surface area contributed by atoms with Crippen molar-refractivity contribution in [2.24, 2.45) is 0 Å². The zero-order chi connectivity index (χ0) is 14.7. The molecule has 2 rings (SSSR count). The summed E-state index contributed by atoms with van der Waals surface area (Å²) < 4.78 is 1.99. The average molecular weight is 290 g/mol. The fourth-order valence-corrected chi connectivity index (χ4v) is 3.27. The lowest BCUT2D eigenvalue weighted by atomic mass is 10.2. The number of thiophene rings is 1. The molecule has 0 aliphatic carbocycles. The van der Waals surface area contributed by atoms with Gasteiger partial charge in [-0.15, -0.1) is 11.3 Å². The van der Waals surface area contributed by atoms with Crippen LogP contribution in [0.15, 0.2) is 18.3 Å². The third kappa shape index (κ3) is 3.18. The normalized spacial score (nSPS) is 11.2. The monoisotopic (exact) mass is 290 g/mol. The second kappa shape index (κ2) is 6.35. The number of ketones is 1. The molecule has 2 aromatic heterocycles. The fourth-order valence-electron chi connectivity index (χ4n) is 2.30. The Balaban J connectivity index is 2.08. The molecule has 0 fully saturated rings. The first-order valence-electron chi connectivity index (χ1n) is 7.19. The van der Waals surface area contributed by atoms with Gasteiger partial charge in [-0.1, -0.05) is 13.8 Å². The lowest BCUT2D eigenvalue weighted by Crippen LogP contribution is -2.09. The number of aryl methyl sites for hydroxylation is 2. The number of carbonyl (C=O) groups excluding carboxylic acids is 1. The first-order chi connectivity index (χ1) is 9.55. The van der Waals surface area contributed by atoms with E-state index in [0.717, 1.165) is 23.4 Å². The van der Waals surface area contributed by atoms with Crippen molar-refractivity contribution in [1.82, 2.24) is 9.78 Å². The second-order valence-electron chi connectivity index (χ2n) is 5.21. The Hall–Kier alpha value is -1.42. The summed E-state index contributed by atoms with van der Waals surface area (Å²) in [5.41, 5.74) is 2.06. The van der Waals surface area contributed by atoms with E-state index in [1.807, 2.05) is 29.9 Å². The summed E-state index contributed by atoms with van der Waals surface area (Å²) in [6, 6.07) is 4.38. The van der Waals surface area contributed by atoms with Crippen LogP contribution >= 0.6 is 11.3 Å². The van der Waals surface area contributed by atoms with Gasteiger partial charge in [-0.2, -0.15) is 5.10 Å². The standard InChI is InChI=1S/C16H22N2OS/c1-5-14(6-2)18-8-7-13(17-18)10-15(19)16-9-11(3)12(4)20-16/h7-9,14H,5-6,10H2,1-4H3. The molecule has 0 aliphatic rings. The van der Waals surface area contributed by atoms with Gasteiger partial charge in [0.25, 0.3) is 0 Å². The summed E-state index contributed by atoms with van der Waals surface area (Å²) in [6.07, 6.45) is 4.52. The molecule has 0 saturated heterocycles. The highest BCUT2D eigenvalue weighted by Crippen LogP contribution is 2.22. The van der Waals surface area contributed by atoms with Crippen LogP contribution in [0.3, 0.4) is 0 Å². The van der Waals surface area contributed by atoms with Gasteiger partial charge in [-0.05, 0) is 44.4 Å². The summed E-state index contributed by atoms with van der Waals surface area (Å²) in [7, 11) is 0. The maximum Gasteiger partial charge on any atom is 0.178 e. The van der Waals surface area contributed by atoms with Crippen molar-refractivity contribution in [3.8, 4) is 0 Å². The molecule has 3 nitrogen and oxygen atoms in total. The van der Waals surface area contributed by atoms with Gasteiger partial charge in [-0.3, -0.25) is 9.48 Å². The van der Waals surface area contributed by atoms with Crippen LogP contribution in [0.1, 0.15) is 58.5 Å². The molecule has 0 spiro atoms. The van der Waals surface area contributed by atoms with Crippen molar-refractivity contribution in [2.75, 3.05) is 0 Å². The molecule has 0 atom stereocenters. The topological polar surface area (TPSA) is 34.9 Å². The van der Waals surface area contributed by atoms with Crippen molar-refractivity contribution < 1.29 is 4.79 Å². The summed E-state index contributed by atoms with van der Waals surface area (Å²) in [5, 5.41) is 4.55. The number of hydrogen-bond donors (Lipinski definition) is 0. The van der Waals surface area contributed by atoms with Crippen molar-refractivity contribution in [2.45, 2.75) is 53.0 Å². The quantitative estimate of drug-likeness (QED) is 0.741. The van der Waals surface area contributed by atoms with Crippen molar-refractivity contribution >= 4 is 17.1 Å². The summed E-state index contributed by atoms with van der Waals surface area (Å²) in [6.45, 7) is 8.43. The van der Waals surface area contributed by atoms with E-state index in [4.69, 9.17) is 0 Å². The van der Waals surface area contributed by atoms with Crippen LogP contribution in [0.25, 0.3) is 0 Å². The Kier molecular flexibility index (Phi) is 4.76. The molecule has 20 heavy (non-hydrogen) atoms. The van der Waals surface area contributed by atoms with E-state index in [1.165, 1.54) is 10.4 Å². The molecule has 2 aromatic rings. The maximum absolute atomic E-state index is 12.3. The minimum absolute atomic E-state index is 0.168. The van der Waals surface area contributed by atoms with Crippen LogP contribution < -0.4 is 0 Å². The Bertz CT molecular complexity index is 574. The van der Waals surface area contributed by atoms with E-state index in [0.29, 0.717) is 12.5 Å². The van der Waals surface area contributed by atoms with Crippen LogP contribution in [0, 0.1) is 13.8 Å². The second-order valence-corrected chi connectivity index (χ2v) is 6.46. The predicted molar refractivity (Wildman–Crippen MR) is 83.7 cm³/mol. The molecule has 0 unspecified atom stereocenters. The van der Waals surface area contributed by atoms with Crippen LogP contribution in [-0.2, 0) is 6.42 Å². The molecular weight excluding hydrogens is 268 g/mol. The van der Waals surface area contributed by atoms with Gasteiger partial charge in [0.2, 0.25) is 0 Å². The van der Waals surface area contributed by atoms with E-state index in [-0.39, 0.29) is 5.78 Å². The molecule has 0 radical (unpaired) electrons. The van der Waals surface area contributed by atoms with E-state index in [9.17, 15) is 4.79 Å². The van der Waals surface area contributed by atoms with Crippen LogP contribution in [-0.4, -0.2) is 15.6 Å². The number of rotatable bonds is 6. The van der Waals surface area contributed by atoms with Gasteiger partial charge in [0.05, 0.1) is 23.0 Å².